The summed E-state index contributed by atoms with van der Waals surface area (Å²) in [4.78, 5) is 14.4. The molecule has 19 heavy (non-hydrogen) atoms. The van der Waals surface area contributed by atoms with Crippen molar-refractivity contribution in [3.63, 3.8) is 0 Å². The molecular weight excluding hydrogens is 268 g/mol. The number of β-amino-alcohol motifs (C(OH)–C–C–N with tert-alkyl or cyclic N) is 2. The number of aliphatic hydroxyl groups is 2. The molecule has 100 valence electrons. The number of nitrogens with zero attached hydrogens (tertiary/aromatic N) is 2. The van der Waals surface area contributed by atoms with Crippen LogP contribution in [-0.2, 0) is 0 Å². The first kappa shape index (κ1) is 12.3. The normalized spacial score (nSPS) is 22.9. The van der Waals surface area contributed by atoms with Crippen LogP contribution in [0.4, 0.5) is 0 Å². The Morgan fingerprint density at radius 2 is 2.16 bits per heavy atom. The number of hydrogen-bond donors (Lipinski definition) is 2. The summed E-state index contributed by atoms with van der Waals surface area (Å²) in [7, 11) is 0. The van der Waals surface area contributed by atoms with E-state index in [0.29, 0.717) is 5.76 Å². The maximum Gasteiger partial charge on any atom is 0.276 e. The Kier molecular flexibility index (Phi) is 3.09. The number of carbonyl (C=O) groups is 1. The number of aromatic nitrogens is 1. The van der Waals surface area contributed by atoms with Crippen molar-refractivity contribution in [3.05, 3.63) is 29.3 Å². The van der Waals surface area contributed by atoms with Gasteiger partial charge in [-0.1, -0.05) is 11.2 Å². The second-order valence-corrected chi connectivity index (χ2v) is 5.35. The fourth-order valence-corrected chi connectivity index (χ4v) is 2.68. The molecule has 3 heterocycles. The molecule has 0 aliphatic carbocycles. The molecule has 1 aliphatic rings. The lowest BCUT2D eigenvalue weighted by Gasteiger charge is -2.12. The number of aliphatic hydroxyl groups excluding tert-OH is 2. The molecule has 1 aliphatic heterocycles. The first-order valence-electron chi connectivity index (χ1n) is 5.81. The van der Waals surface area contributed by atoms with Crippen LogP contribution in [0.5, 0.6) is 0 Å². The lowest BCUT2D eigenvalue weighted by Crippen LogP contribution is -2.30. The fourth-order valence-electron chi connectivity index (χ4n) is 2.01. The van der Waals surface area contributed by atoms with Gasteiger partial charge in [-0.05, 0) is 11.4 Å². The Morgan fingerprint density at radius 3 is 2.79 bits per heavy atom. The van der Waals surface area contributed by atoms with Gasteiger partial charge in [0.1, 0.15) is 0 Å². The van der Waals surface area contributed by atoms with Gasteiger partial charge in [0.05, 0.1) is 17.1 Å². The van der Waals surface area contributed by atoms with Crippen LogP contribution in [0, 0.1) is 0 Å². The van der Waals surface area contributed by atoms with Gasteiger partial charge in [0.2, 0.25) is 0 Å². The van der Waals surface area contributed by atoms with Crippen LogP contribution in [0.15, 0.2) is 28.1 Å². The Bertz CT molecular complexity index is 570. The summed E-state index contributed by atoms with van der Waals surface area (Å²) in [6.45, 7) is 0.225. The number of thiophene rings is 1. The molecule has 6 nitrogen and oxygen atoms in total. The van der Waals surface area contributed by atoms with E-state index in [0.717, 1.165) is 4.88 Å². The van der Waals surface area contributed by atoms with Crippen molar-refractivity contribution in [2.75, 3.05) is 13.1 Å². The topological polar surface area (TPSA) is 86.8 Å². The summed E-state index contributed by atoms with van der Waals surface area (Å²) >= 11 is 1.50. The molecule has 0 aromatic carbocycles. The first-order valence-corrected chi connectivity index (χ1v) is 6.69. The smallest absolute Gasteiger partial charge is 0.276 e. The number of rotatable bonds is 2. The second-order valence-electron chi connectivity index (χ2n) is 4.40. The minimum Gasteiger partial charge on any atom is -0.388 e. The van der Waals surface area contributed by atoms with Crippen LogP contribution in [0.25, 0.3) is 10.6 Å². The van der Waals surface area contributed by atoms with Crippen molar-refractivity contribution in [1.82, 2.24) is 10.1 Å². The highest BCUT2D eigenvalue weighted by Crippen LogP contribution is 2.26. The van der Waals surface area contributed by atoms with Crippen LogP contribution in [-0.4, -0.2) is 51.5 Å². The Labute approximate surface area is 112 Å². The first-order chi connectivity index (χ1) is 9.15. The molecule has 1 fully saturated rings. The highest BCUT2D eigenvalue weighted by molar-refractivity contribution is 7.13. The number of hydrogen-bond acceptors (Lipinski definition) is 6. The largest absolute Gasteiger partial charge is 0.388 e. The summed E-state index contributed by atoms with van der Waals surface area (Å²) in [5, 5.41) is 24.5. The van der Waals surface area contributed by atoms with Crippen LogP contribution >= 0.6 is 11.3 Å². The Balaban J connectivity index is 1.78. The molecule has 0 spiro atoms. The molecule has 3 rings (SSSR count). The molecule has 0 radical (unpaired) electrons. The van der Waals surface area contributed by atoms with Crippen LogP contribution in [0.2, 0.25) is 0 Å². The standard InChI is InChI=1S/C12H12N2O4S/c15-8-5-14(6-9(8)16)12(17)7-4-10(18-13-7)11-2-1-3-19-11/h1-4,8-9,15-16H,5-6H2/t8-,9+. The van der Waals surface area contributed by atoms with Crippen molar-refractivity contribution >= 4 is 17.2 Å². The van der Waals surface area contributed by atoms with Crippen LogP contribution in [0.1, 0.15) is 10.5 Å². The Hall–Kier alpha value is -1.70. The van der Waals surface area contributed by atoms with Gasteiger partial charge in [-0.25, -0.2) is 0 Å². The molecule has 2 atom stereocenters. The van der Waals surface area contributed by atoms with E-state index in [9.17, 15) is 15.0 Å². The third kappa shape index (κ3) is 2.27. The molecule has 0 unspecified atom stereocenters. The lowest BCUT2D eigenvalue weighted by atomic mass is 10.3. The molecular formula is C12H12N2O4S. The molecule has 7 heteroatoms. The van der Waals surface area contributed by atoms with Crippen molar-refractivity contribution in [3.8, 4) is 10.6 Å². The highest BCUT2D eigenvalue weighted by Gasteiger charge is 2.34. The third-order valence-electron chi connectivity index (χ3n) is 3.04. The molecule has 0 bridgehead atoms. The average Bonchev–Trinajstić information content (AvgIpc) is 3.09. The van der Waals surface area contributed by atoms with E-state index in [1.807, 2.05) is 17.5 Å². The fraction of sp³-hybridized carbons (Fsp3) is 0.333. The highest BCUT2D eigenvalue weighted by atomic mass is 32.1. The third-order valence-corrected chi connectivity index (χ3v) is 3.92. The second kappa shape index (κ2) is 4.76. The Morgan fingerprint density at radius 1 is 1.42 bits per heavy atom. The number of amides is 1. The van der Waals surface area contributed by atoms with Gasteiger partial charge in [0.15, 0.2) is 11.5 Å². The van der Waals surface area contributed by atoms with Crippen molar-refractivity contribution in [1.29, 1.82) is 0 Å². The van der Waals surface area contributed by atoms with Crippen molar-refractivity contribution in [2.45, 2.75) is 12.2 Å². The zero-order valence-electron chi connectivity index (χ0n) is 9.89. The molecule has 2 N–H and O–H groups in total. The van der Waals surface area contributed by atoms with Gasteiger partial charge in [0, 0.05) is 19.2 Å². The van der Waals surface area contributed by atoms with Gasteiger partial charge in [0.25, 0.3) is 5.91 Å². The lowest BCUT2D eigenvalue weighted by molar-refractivity contribution is 0.0572. The van der Waals surface area contributed by atoms with E-state index in [-0.39, 0.29) is 24.7 Å². The maximum absolute atomic E-state index is 12.1. The van der Waals surface area contributed by atoms with Gasteiger partial charge < -0.3 is 19.6 Å². The monoisotopic (exact) mass is 280 g/mol. The predicted molar refractivity (Wildman–Crippen MR) is 67.7 cm³/mol. The van der Waals surface area contributed by atoms with Gasteiger partial charge in [-0.3, -0.25) is 4.79 Å². The van der Waals surface area contributed by atoms with E-state index < -0.39 is 12.2 Å². The average molecular weight is 280 g/mol. The van der Waals surface area contributed by atoms with Gasteiger partial charge >= 0.3 is 0 Å². The molecule has 2 aromatic heterocycles. The minimum absolute atomic E-state index is 0.112. The number of likely N-dealkylation sites (tertiary alicyclic amines) is 1. The van der Waals surface area contributed by atoms with Crippen molar-refractivity contribution in [2.24, 2.45) is 0 Å². The summed E-state index contributed by atoms with van der Waals surface area (Å²) in [5.74, 6) is 0.195. The number of carbonyl (C=O) groups excluding carboxylic acids is 1. The van der Waals surface area contributed by atoms with E-state index in [1.165, 1.54) is 16.2 Å². The van der Waals surface area contributed by atoms with Crippen LogP contribution in [0.3, 0.4) is 0 Å². The quantitative estimate of drug-likeness (QED) is 0.840. The summed E-state index contributed by atoms with van der Waals surface area (Å²) in [6.07, 6.45) is -1.79. The van der Waals surface area contributed by atoms with E-state index in [4.69, 9.17) is 4.52 Å². The minimum atomic E-state index is -0.896. The summed E-state index contributed by atoms with van der Waals surface area (Å²) in [5.41, 5.74) is 0.185. The van der Waals surface area contributed by atoms with E-state index >= 15 is 0 Å². The molecule has 1 amide bonds. The SMILES string of the molecule is O=C(c1cc(-c2cccs2)on1)N1C[C@@H](O)[C@@H](O)C1. The summed E-state index contributed by atoms with van der Waals surface area (Å²) < 4.78 is 5.13. The zero-order valence-corrected chi connectivity index (χ0v) is 10.7. The summed E-state index contributed by atoms with van der Waals surface area (Å²) in [6, 6.07) is 5.34. The van der Waals surface area contributed by atoms with Gasteiger partial charge in [-0.2, -0.15) is 0 Å². The van der Waals surface area contributed by atoms with E-state index in [1.54, 1.807) is 6.07 Å². The van der Waals surface area contributed by atoms with Crippen LogP contribution < -0.4 is 0 Å². The zero-order chi connectivity index (χ0) is 13.4. The van der Waals surface area contributed by atoms with Gasteiger partial charge in [-0.15, -0.1) is 11.3 Å². The molecule has 2 aromatic rings. The van der Waals surface area contributed by atoms with Crippen molar-refractivity contribution < 1.29 is 19.5 Å². The molecule has 1 saturated heterocycles. The maximum atomic E-state index is 12.1. The van der Waals surface area contributed by atoms with E-state index in [2.05, 4.69) is 5.16 Å². The predicted octanol–water partition coefficient (Wildman–Crippen LogP) is 0.581. The molecule has 0 saturated carbocycles.